The van der Waals surface area contributed by atoms with Crippen LogP contribution in [0.4, 0.5) is 11.4 Å². The molecule has 5 fully saturated rings. The third-order valence-electron chi connectivity index (χ3n) is 20.5. The lowest BCUT2D eigenvalue weighted by Gasteiger charge is -2.50. The summed E-state index contributed by atoms with van der Waals surface area (Å²) in [5.41, 5.74) is 12.8. The smallest absolute Gasteiger partial charge is 0.373 e. The predicted molar refractivity (Wildman–Crippen MR) is 329 cm³/mol. The molecule has 0 bridgehead atoms. The van der Waals surface area contributed by atoms with E-state index in [1.807, 2.05) is 24.5 Å². The van der Waals surface area contributed by atoms with E-state index in [2.05, 4.69) is 136 Å². The van der Waals surface area contributed by atoms with Gasteiger partial charge in [0.25, 0.3) is 0 Å². The number of aliphatic imine (C=N–C) groups is 1. The molecule has 17 heteroatoms. The highest BCUT2D eigenvalue weighted by atomic mass is 16.5. The first kappa shape index (κ1) is 66.5. The van der Waals surface area contributed by atoms with Gasteiger partial charge < -0.3 is 29.6 Å². The number of ether oxygens (including phenoxy) is 3. The molecule has 0 unspecified atom stereocenters. The van der Waals surface area contributed by atoms with Crippen LogP contribution in [0.3, 0.4) is 0 Å². The van der Waals surface area contributed by atoms with E-state index in [4.69, 9.17) is 48.0 Å². The topological polar surface area (TPSA) is 217 Å². The standard InChI is InChI=1S/C22H30N2O3.2C22H30N2O.3CO2/c1-5-15-12-24-10-9-22(25)20-17(7-6-8-19(20)27-4)23-21(22)18(24)11-16(15)14(2)13-26-3;1-5-14(3)17-12-19-22-16(10-11-24(19)13-15(17)6-2)21-18(23-22)8-7-9-20(21)25-4;1-5-14(3)17-12-19-22(10-11-24(19)13-16(17)6-2)21(25)20-15(4)8-7-9-18(20)23-22;3*2-1-3/h6-8,13,15-16,18,25H,5,9-12H2,1-4H3;5,7-9,15,17,19,23H,6,10-13H2,1-4H3;5,7-9,16-17,19,23H,6,10-13H2,1-4H3;;;/b14-13-;2*14-5-;;;/t15-,16-,18+,22+;15-,17-,19+;16-,17-,19+,22+;;;/m111.../s1. The summed E-state index contributed by atoms with van der Waals surface area (Å²) in [6, 6.07) is 19.4. The molecule has 0 amide bonds. The molecular weight excluding hydrogens is 1090 g/mol. The molecule has 12 rings (SSSR count). The second-order valence-electron chi connectivity index (χ2n) is 24.3. The second kappa shape index (κ2) is 29.6. The summed E-state index contributed by atoms with van der Waals surface area (Å²) in [5, 5.41) is 16.7. The molecule has 11 atom stereocenters. The van der Waals surface area contributed by atoms with Gasteiger partial charge in [0, 0.05) is 73.2 Å². The molecular formula is C69H90N6O11. The fourth-order valence-corrected chi connectivity index (χ4v) is 16.1. The maximum absolute atomic E-state index is 13.5. The average Bonchev–Trinajstić information content (AvgIpc) is 1.66. The summed E-state index contributed by atoms with van der Waals surface area (Å²) in [6.07, 6.45) is 16.9. The van der Waals surface area contributed by atoms with Crippen molar-refractivity contribution in [2.75, 3.05) is 65.9 Å². The first-order valence-corrected chi connectivity index (χ1v) is 30.7. The van der Waals surface area contributed by atoms with Crippen molar-refractivity contribution < 1.29 is 52.9 Å². The number of aromatic amines is 1. The highest BCUT2D eigenvalue weighted by Crippen LogP contribution is 2.53. The number of hydrogen-bond donors (Lipinski definition) is 3. The number of rotatable bonds is 9. The SMILES string of the molecule is C/C=C(/C)[C@H]1C[C@@H]2N(CC[C@]23Nc2cccc(C)c2C3=O)C[C@H]1CC.C/C=C(/C)[C@H]1C[C@H]2c3[nH]c4cccc(OC)c4c3CCN2C[C@H]1CC.CC[C@@H]1CN2CC[C@@]3(O)C(=Nc4cccc(OC)c43)[C@@H]2C[C@@H]1/C(C)=C\OC.O=C=O.O=C=O.O=C=O. The largest absolute Gasteiger partial charge is 0.504 e. The zero-order chi connectivity index (χ0) is 62.6. The number of carbonyl (C=O) groups is 1. The van der Waals surface area contributed by atoms with Crippen LogP contribution in [0, 0.1) is 42.4 Å². The fraction of sp³-hybridized carbons (Fsp3) is 0.551. The van der Waals surface area contributed by atoms with Gasteiger partial charge in [-0.15, -0.1) is 0 Å². The van der Waals surface area contributed by atoms with Gasteiger partial charge in [0.15, 0.2) is 5.78 Å². The van der Waals surface area contributed by atoms with Crippen molar-refractivity contribution in [3.63, 3.8) is 0 Å². The van der Waals surface area contributed by atoms with Crippen LogP contribution in [0.25, 0.3) is 10.9 Å². The Hall–Kier alpha value is -7.06. The van der Waals surface area contributed by atoms with Crippen LogP contribution in [0.2, 0.25) is 0 Å². The fourth-order valence-electron chi connectivity index (χ4n) is 16.1. The Balaban J connectivity index is 0.000000172. The van der Waals surface area contributed by atoms with Crippen molar-refractivity contribution in [1.82, 2.24) is 19.7 Å². The Kier molecular flexibility index (Phi) is 22.8. The molecule has 462 valence electrons. The molecule has 3 N–H and O–H groups in total. The number of nitrogens with zero attached hydrogens (tertiary/aromatic N) is 4. The quantitative estimate of drug-likeness (QED) is 0.105. The lowest BCUT2D eigenvalue weighted by Crippen LogP contribution is -2.60. The molecule has 5 saturated heterocycles. The van der Waals surface area contributed by atoms with E-state index in [0.29, 0.717) is 53.9 Å². The van der Waals surface area contributed by atoms with E-state index in [1.165, 1.54) is 65.7 Å². The van der Waals surface area contributed by atoms with Gasteiger partial charge in [0.2, 0.25) is 0 Å². The number of methoxy groups -OCH3 is 3. The minimum atomic E-state index is -1.01. The zero-order valence-electron chi connectivity index (χ0n) is 52.5. The number of anilines is 1. The van der Waals surface area contributed by atoms with Crippen molar-refractivity contribution in [3.8, 4) is 11.5 Å². The van der Waals surface area contributed by atoms with Crippen molar-refractivity contribution in [2.45, 2.75) is 149 Å². The number of carbonyl (C=O) groups excluding carboxylic acids is 7. The van der Waals surface area contributed by atoms with Crippen LogP contribution in [0.5, 0.6) is 11.5 Å². The Morgan fingerprint density at radius 3 is 1.81 bits per heavy atom. The number of aryl methyl sites for hydroxylation is 1. The van der Waals surface area contributed by atoms with Crippen LogP contribution in [-0.4, -0.2) is 133 Å². The Morgan fingerprint density at radius 1 is 0.698 bits per heavy atom. The lowest BCUT2D eigenvalue weighted by atomic mass is 9.70. The van der Waals surface area contributed by atoms with Crippen molar-refractivity contribution in [3.05, 3.63) is 118 Å². The van der Waals surface area contributed by atoms with Crippen molar-refractivity contribution >= 4 is 52.2 Å². The van der Waals surface area contributed by atoms with Gasteiger partial charge >= 0.3 is 18.5 Å². The van der Waals surface area contributed by atoms with E-state index >= 15 is 0 Å². The number of nitrogens with one attached hydrogen (secondary N) is 2. The number of allylic oxidation sites excluding steroid dienone is 5. The number of Topliss-reactive ketones (excluding diaryl/α,β-unsaturated/α-hetero) is 1. The van der Waals surface area contributed by atoms with Crippen molar-refractivity contribution in [2.24, 2.45) is 40.5 Å². The summed E-state index contributed by atoms with van der Waals surface area (Å²) in [5.74, 6) is 5.94. The number of ketones is 1. The first-order valence-electron chi connectivity index (χ1n) is 30.7. The molecule has 8 aliphatic heterocycles. The zero-order valence-corrected chi connectivity index (χ0v) is 52.5. The molecule has 8 aliphatic rings. The molecule has 0 saturated carbocycles. The van der Waals surface area contributed by atoms with Crippen LogP contribution >= 0.6 is 0 Å². The number of aliphatic hydroxyl groups is 1. The third-order valence-corrected chi connectivity index (χ3v) is 20.5. The van der Waals surface area contributed by atoms with Gasteiger partial charge in [-0.05, 0) is 163 Å². The highest BCUT2D eigenvalue weighted by Gasteiger charge is 2.59. The minimum absolute atomic E-state index is 0.161. The predicted octanol–water partition coefficient (Wildman–Crippen LogP) is 11.4. The first-order chi connectivity index (χ1) is 41.5. The van der Waals surface area contributed by atoms with E-state index in [-0.39, 0.29) is 24.5 Å². The van der Waals surface area contributed by atoms with Gasteiger partial charge in [-0.1, -0.05) is 87.6 Å². The average molecular weight is 1180 g/mol. The van der Waals surface area contributed by atoms with Gasteiger partial charge in [0.05, 0.1) is 56.6 Å². The summed E-state index contributed by atoms with van der Waals surface area (Å²) < 4.78 is 16.5. The van der Waals surface area contributed by atoms with E-state index in [0.717, 1.165) is 109 Å². The number of benzene rings is 3. The maximum Gasteiger partial charge on any atom is 0.373 e. The molecule has 17 nitrogen and oxygen atoms in total. The van der Waals surface area contributed by atoms with E-state index in [1.54, 1.807) is 26.9 Å². The Morgan fingerprint density at radius 2 is 1.23 bits per heavy atom. The number of H-pyrrole nitrogens is 1. The molecule has 86 heavy (non-hydrogen) atoms. The molecule has 1 spiro atoms. The summed E-state index contributed by atoms with van der Waals surface area (Å²) in [6.45, 7) is 26.6. The number of hydrogen-bond acceptors (Lipinski definition) is 16. The summed E-state index contributed by atoms with van der Waals surface area (Å²) in [4.78, 5) is 78.8. The minimum Gasteiger partial charge on any atom is -0.504 e. The molecule has 3 aromatic carbocycles. The summed E-state index contributed by atoms with van der Waals surface area (Å²) in [7, 11) is 5.15. The Bertz CT molecular complexity index is 3240. The number of aromatic nitrogens is 1. The summed E-state index contributed by atoms with van der Waals surface area (Å²) >= 11 is 0. The van der Waals surface area contributed by atoms with Gasteiger partial charge in [-0.25, -0.2) is 0 Å². The number of piperidine rings is 4. The molecule has 0 aliphatic carbocycles. The third kappa shape index (κ3) is 12.8. The van der Waals surface area contributed by atoms with Crippen LogP contribution in [0.15, 0.2) is 94.7 Å². The van der Waals surface area contributed by atoms with E-state index < -0.39 is 11.1 Å². The normalized spacial score (nSPS) is 28.7. The van der Waals surface area contributed by atoms with Gasteiger partial charge in [-0.2, -0.15) is 28.8 Å². The highest BCUT2D eigenvalue weighted by molar-refractivity contribution is 6.15. The molecule has 4 aromatic rings. The van der Waals surface area contributed by atoms with Crippen LogP contribution in [0.1, 0.15) is 146 Å². The molecule has 9 heterocycles. The maximum atomic E-state index is 13.5. The lowest BCUT2D eigenvalue weighted by molar-refractivity contribution is -0.193. The van der Waals surface area contributed by atoms with E-state index in [9.17, 15) is 9.90 Å². The monoisotopic (exact) mass is 1180 g/mol. The van der Waals surface area contributed by atoms with Crippen LogP contribution < -0.4 is 14.8 Å². The number of fused-ring (bicyclic) bond motifs is 13. The van der Waals surface area contributed by atoms with Crippen molar-refractivity contribution in [1.29, 1.82) is 0 Å². The molecule has 0 radical (unpaired) electrons. The van der Waals surface area contributed by atoms with Crippen LogP contribution in [-0.2, 0) is 45.5 Å². The van der Waals surface area contributed by atoms with Gasteiger partial charge in [-0.3, -0.25) is 24.5 Å². The Labute approximate surface area is 507 Å². The van der Waals surface area contributed by atoms with Gasteiger partial charge in [0.1, 0.15) is 22.6 Å². The second-order valence-corrected chi connectivity index (χ2v) is 24.3. The molecule has 1 aromatic heterocycles.